The maximum absolute atomic E-state index is 12.0. The highest BCUT2D eigenvalue weighted by Crippen LogP contribution is 2.18. The molecule has 0 aliphatic rings. The minimum Gasteiger partial charge on any atom is -0.481 e. The van der Waals surface area contributed by atoms with Gasteiger partial charge in [-0.1, -0.05) is 41.4 Å². The maximum atomic E-state index is 12.0. The SMILES string of the molecule is CC(Oc1cccc(Cl)c1)C(=O)NCCSCc1ccc(Cl)cc1. The van der Waals surface area contributed by atoms with Gasteiger partial charge in [0.05, 0.1) is 0 Å². The molecular weight excluding hydrogens is 365 g/mol. The number of nitrogens with one attached hydrogen (secondary N) is 1. The number of carbonyl (C=O) groups is 1. The average Bonchev–Trinajstić information content (AvgIpc) is 2.56. The van der Waals surface area contributed by atoms with E-state index in [1.54, 1.807) is 43.0 Å². The molecule has 2 rings (SSSR count). The van der Waals surface area contributed by atoms with Crippen LogP contribution in [0.4, 0.5) is 0 Å². The summed E-state index contributed by atoms with van der Waals surface area (Å²) in [7, 11) is 0. The van der Waals surface area contributed by atoms with Crippen LogP contribution >= 0.6 is 35.0 Å². The number of thioether (sulfide) groups is 1. The summed E-state index contributed by atoms with van der Waals surface area (Å²) in [5.74, 6) is 2.17. The standard InChI is InChI=1S/C18H19Cl2NO2S/c1-13(23-17-4-2-3-16(20)11-17)18(22)21-9-10-24-12-14-5-7-15(19)8-6-14/h2-8,11,13H,9-10,12H2,1H3,(H,21,22). The number of hydrogen-bond donors (Lipinski definition) is 1. The van der Waals surface area contributed by atoms with Gasteiger partial charge in [0.1, 0.15) is 5.75 Å². The van der Waals surface area contributed by atoms with Crippen LogP contribution in [-0.2, 0) is 10.5 Å². The Labute approximate surface area is 156 Å². The molecule has 0 saturated carbocycles. The topological polar surface area (TPSA) is 38.3 Å². The molecule has 128 valence electrons. The van der Waals surface area contributed by atoms with Crippen LogP contribution in [0.1, 0.15) is 12.5 Å². The summed E-state index contributed by atoms with van der Waals surface area (Å²) in [4.78, 5) is 12.0. The minimum atomic E-state index is -0.565. The third-order valence-electron chi connectivity index (χ3n) is 3.21. The van der Waals surface area contributed by atoms with E-state index in [2.05, 4.69) is 5.32 Å². The first-order chi connectivity index (χ1) is 11.5. The number of ether oxygens (including phenoxy) is 1. The third-order valence-corrected chi connectivity index (χ3v) is 4.72. The van der Waals surface area contributed by atoms with Crippen molar-refractivity contribution >= 4 is 40.9 Å². The van der Waals surface area contributed by atoms with Crippen molar-refractivity contribution in [1.82, 2.24) is 5.32 Å². The Balaban J connectivity index is 1.64. The molecule has 0 aromatic heterocycles. The van der Waals surface area contributed by atoms with E-state index in [-0.39, 0.29) is 5.91 Å². The number of amides is 1. The first kappa shape index (κ1) is 19.0. The molecule has 0 spiro atoms. The van der Waals surface area contributed by atoms with Crippen molar-refractivity contribution in [2.24, 2.45) is 0 Å². The van der Waals surface area contributed by atoms with Crippen LogP contribution in [0.15, 0.2) is 48.5 Å². The monoisotopic (exact) mass is 383 g/mol. The first-order valence-corrected chi connectivity index (χ1v) is 9.48. The van der Waals surface area contributed by atoms with Crippen LogP contribution in [0.5, 0.6) is 5.75 Å². The molecule has 0 bridgehead atoms. The van der Waals surface area contributed by atoms with Crippen LogP contribution < -0.4 is 10.1 Å². The van der Waals surface area contributed by atoms with Crippen molar-refractivity contribution in [3.8, 4) is 5.75 Å². The highest BCUT2D eigenvalue weighted by molar-refractivity contribution is 7.98. The molecule has 1 atom stereocenters. The quantitative estimate of drug-likeness (QED) is 0.664. The van der Waals surface area contributed by atoms with E-state index < -0.39 is 6.10 Å². The zero-order valence-electron chi connectivity index (χ0n) is 13.3. The fourth-order valence-corrected chi connectivity index (χ4v) is 3.08. The Kier molecular flexibility index (Phi) is 7.76. The smallest absolute Gasteiger partial charge is 0.260 e. The predicted octanol–water partition coefficient (Wildman–Crippen LogP) is 4.81. The lowest BCUT2D eigenvalue weighted by atomic mass is 10.2. The summed E-state index contributed by atoms with van der Waals surface area (Å²) < 4.78 is 5.58. The van der Waals surface area contributed by atoms with Crippen LogP contribution in [0, 0.1) is 0 Å². The Morgan fingerprint density at radius 2 is 1.92 bits per heavy atom. The van der Waals surface area contributed by atoms with Gasteiger partial charge >= 0.3 is 0 Å². The summed E-state index contributed by atoms with van der Waals surface area (Å²) >= 11 is 13.5. The maximum Gasteiger partial charge on any atom is 0.260 e. The van der Waals surface area contributed by atoms with Gasteiger partial charge in [-0.2, -0.15) is 11.8 Å². The van der Waals surface area contributed by atoms with E-state index in [1.807, 2.05) is 24.3 Å². The Bertz CT molecular complexity index is 664. The molecular formula is C18H19Cl2NO2S. The number of rotatable bonds is 8. The number of benzene rings is 2. The predicted molar refractivity (Wildman–Crippen MR) is 102 cm³/mol. The van der Waals surface area contributed by atoms with Crippen molar-refractivity contribution in [1.29, 1.82) is 0 Å². The van der Waals surface area contributed by atoms with Gasteiger partial charge in [-0.15, -0.1) is 0 Å². The van der Waals surface area contributed by atoms with Crippen molar-refractivity contribution in [3.05, 3.63) is 64.1 Å². The van der Waals surface area contributed by atoms with E-state index in [1.165, 1.54) is 5.56 Å². The van der Waals surface area contributed by atoms with Gasteiger partial charge in [0, 0.05) is 28.1 Å². The minimum absolute atomic E-state index is 0.137. The van der Waals surface area contributed by atoms with E-state index in [0.717, 1.165) is 16.5 Å². The van der Waals surface area contributed by atoms with Gasteiger partial charge in [0.15, 0.2) is 6.10 Å². The summed E-state index contributed by atoms with van der Waals surface area (Å²) in [6.45, 7) is 2.32. The summed E-state index contributed by atoms with van der Waals surface area (Å²) in [5, 5.41) is 4.20. The fourth-order valence-electron chi connectivity index (χ4n) is 1.96. The lowest BCUT2D eigenvalue weighted by molar-refractivity contribution is -0.127. The molecule has 2 aromatic carbocycles. The highest BCUT2D eigenvalue weighted by Gasteiger charge is 2.14. The molecule has 0 radical (unpaired) electrons. The normalized spacial score (nSPS) is 11.8. The molecule has 1 amide bonds. The van der Waals surface area contributed by atoms with Gasteiger partial charge in [-0.3, -0.25) is 4.79 Å². The molecule has 0 heterocycles. The zero-order chi connectivity index (χ0) is 17.4. The van der Waals surface area contributed by atoms with Gasteiger partial charge in [-0.25, -0.2) is 0 Å². The second kappa shape index (κ2) is 9.82. The molecule has 3 nitrogen and oxygen atoms in total. The molecule has 6 heteroatoms. The Hall–Kier alpha value is -1.36. The average molecular weight is 384 g/mol. The van der Waals surface area contributed by atoms with Gasteiger partial charge in [0.2, 0.25) is 0 Å². The number of hydrogen-bond acceptors (Lipinski definition) is 3. The highest BCUT2D eigenvalue weighted by atomic mass is 35.5. The van der Waals surface area contributed by atoms with E-state index in [4.69, 9.17) is 27.9 Å². The zero-order valence-corrected chi connectivity index (χ0v) is 15.6. The summed E-state index contributed by atoms with van der Waals surface area (Å²) in [6, 6.07) is 14.8. The molecule has 1 N–H and O–H groups in total. The van der Waals surface area contributed by atoms with Crippen molar-refractivity contribution in [2.75, 3.05) is 12.3 Å². The number of carbonyl (C=O) groups excluding carboxylic acids is 1. The first-order valence-electron chi connectivity index (χ1n) is 7.57. The van der Waals surface area contributed by atoms with Crippen LogP contribution in [-0.4, -0.2) is 24.3 Å². The second-order valence-electron chi connectivity index (χ2n) is 5.19. The molecule has 0 fully saturated rings. The molecule has 1 unspecified atom stereocenters. The van der Waals surface area contributed by atoms with Gasteiger partial charge in [0.25, 0.3) is 5.91 Å². The largest absolute Gasteiger partial charge is 0.481 e. The Morgan fingerprint density at radius 1 is 1.17 bits per heavy atom. The molecule has 0 aliphatic carbocycles. The molecule has 24 heavy (non-hydrogen) atoms. The van der Waals surface area contributed by atoms with Crippen molar-refractivity contribution in [2.45, 2.75) is 18.8 Å². The lowest BCUT2D eigenvalue weighted by Crippen LogP contribution is -2.37. The van der Waals surface area contributed by atoms with E-state index in [9.17, 15) is 4.79 Å². The van der Waals surface area contributed by atoms with E-state index >= 15 is 0 Å². The second-order valence-corrected chi connectivity index (χ2v) is 7.17. The lowest BCUT2D eigenvalue weighted by Gasteiger charge is -2.14. The van der Waals surface area contributed by atoms with Crippen LogP contribution in [0.25, 0.3) is 0 Å². The fraction of sp³-hybridized carbons (Fsp3) is 0.278. The van der Waals surface area contributed by atoms with Crippen molar-refractivity contribution in [3.63, 3.8) is 0 Å². The number of halogens is 2. The molecule has 0 aliphatic heterocycles. The molecule has 0 saturated heterocycles. The third kappa shape index (κ3) is 6.63. The van der Waals surface area contributed by atoms with Crippen LogP contribution in [0.3, 0.4) is 0 Å². The Morgan fingerprint density at radius 3 is 2.62 bits per heavy atom. The van der Waals surface area contributed by atoms with E-state index in [0.29, 0.717) is 17.3 Å². The summed E-state index contributed by atoms with van der Waals surface area (Å²) in [6.07, 6.45) is -0.565. The summed E-state index contributed by atoms with van der Waals surface area (Å²) in [5.41, 5.74) is 1.22. The van der Waals surface area contributed by atoms with Gasteiger partial charge in [-0.05, 0) is 42.8 Å². The van der Waals surface area contributed by atoms with Gasteiger partial charge < -0.3 is 10.1 Å². The van der Waals surface area contributed by atoms with Crippen molar-refractivity contribution < 1.29 is 9.53 Å². The molecule has 2 aromatic rings. The van der Waals surface area contributed by atoms with Crippen LogP contribution in [0.2, 0.25) is 10.0 Å².